The number of carbonyl (C=O) groups is 1. The van der Waals surface area contributed by atoms with E-state index in [0.717, 1.165) is 18.3 Å². The molecule has 2 heterocycles. The quantitative estimate of drug-likeness (QED) is 0.780. The normalized spacial score (nSPS) is 15.7. The molecule has 1 saturated heterocycles. The van der Waals surface area contributed by atoms with E-state index >= 15 is 0 Å². The average Bonchev–Trinajstić information content (AvgIpc) is 2.63. The molecule has 0 atom stereocenters. The van der Waals surface area contributed by atoms with E-state index in [1.165, 1.54) is 18.2 Å². The summed E-state index contributed by atoms with van der Waals surface area (Å²) in [7, 11) is 0. The first-order valence-corrected chi connectivity index (χ1v) is 8.66. The van der Waals surface area contributed by atoms with Crippen molar-refractivity contribution in [2.75, 3.05) is 18.0 Å². The molecule has 0 saturated carbocycles. The summed E-state index contributed by atoms with van der Waals surface area (Å²) in [5, 5.41) is 3.04. The number of anilines is 1. The van der Waals surface area contributed by atoms with Crippen molar-refractivity contribution in [3.8, 4) is 0 Å². The smallest absolute Gasteiger partial charge is 0.356 e. The van der Waals surface area contributed by atoms with Crippen LogP contribution < -0.4 is 10.2 Å². The third-order valence-electron chi connectivity index (χ3n) is 4.40. The number of nitrogens with zero attached hydrogens (tertiary/aromatic N) is 2. The Morgan fingerprint density at radius 3 is 2.48 bits per heavy atom. The number of hydrogen-bond donors (Lipinski definition) is 1. The maximum atomic E-state index is 13.8. The molecule has 0 spiro atoms. The molecule has 1 aliphatic rings. The molecule has 1 amide bonds. The third-order valence-corrected chi connectivity index (χ3v) is 4.64. The Balaban J connectivity index is 1.57. The molecule has 2 aromatic rings. The molecule has 3 rings (SSSR count). The largest absolute Gasteiger partial charge is 0.417 e. The number of rotatable bonds is 3. The molecule has 1 aromatic heterocycles. The molecule has 0 radical (unpaired) electrons. The number of alkyl halides is 3. The van der Waals surface area contributed by atoms with Crippen molar-refractivity contribution in [2.45, 2.75) is 25.1 Å². The van der Waals surface area contributed by atoms with E-state index in [9.17, 15) is 22.4 Å². The Morgan fingerprint density at radius 2 is 1.89 bits per heavy atom. The first kappa shape index (κ1) is 19.4. The highest BCUT2D eigenvalue weighted by atomic mass is 35.5. The second kappa shape index (κ2) is 7.72. The van der Waals surface area contributed by atoms with Gasteiger partial charge in [0.1, 0.15) is 11.6 Å². The van der Waals surface area contributed by atoms with Gasteiger partial charge in [0.15, 0.2) is 0 Å². The van der Waals surface area contributed by atoms with Crippen LogP contribution in [-0.2, 0) is 6.18 Å². The van der Waals surface area contributed by atoms with Gasteiger partial charge in [-0.15, -0.1) is 0 Å². The zero-order chi connectivity index (χ0) is 19.6. The molecule has 0 unspecified atom stereocenters. The predicted molar refractivity (Wildman–Crippen MR) is 93.4 cm³/mol. The van der Waals surface area contributed by atoms with E-state index in [-0.39, 0.29) is 16.6 Å². The Bertz CT molecular complexity index is 818. The minimum atomic E-state index is -4.42. The monoisotopic (exact) mass is 401 g/mol. The van der Waals surface area contributed by atoms with Crippen molar-refractivity contribution in [1.82, 2.24) is 10.3 Å². The van der Waals surface area contributed by atoms with Crippen molar-refractivity contribution < 1.29 is 22.4 Å². The van der Waals surface area contributed by atoms with Gasteiger partial charge in [-0.2, -0.15) is 13.2 Å². The lowest BCUT2D eigenvalue weighted by Crippen LogP contribution is -2.45. The van der Waals surface area contributed by atoms with Gasteiger partial charge in [-0.3, -0.25) is 4.79 Å². The van der Waals surface area contributed by atoms with E-state index in [1.54, 1.807) is 0 Å². The zero-order valence-corrected chi connectivity index (χ0v) is 14.8. The van der Waals surface area contributed by atoms with E-state index in [4.69, 9.17) is 11.6 Å². The van der Waals surface area contributed by atoms with Crippen LogP contribution in [0.5, 0.6) is 0 Å². The number of piperidine rings is 1. The summed E-state index contributed by atoms with van der Waals surface area (Å²) >= 11 is 5.80. The van der Waals surface area contributed by atoms with E-state index in [2.05, 4.69) is 10.3 Å². The summed E-state index contributed by atoms with van der Waals surface area (Å²) in [6.45, 7) is 1.03. The van der Waals surface area contributed by atoms with Gasteiger partial charge in [0.25, 0.3) is 5.91 Å². The molecular weight excluding hydrogens is 386 g/mol. The number of benzene rings is 1. The second-order valence-electron chi connectivity index (χ2n) is 6.26. The number of pyridine rings is 1. The summed E-state index contributed by atoms with van der Waals surface area (Å²) in [6, 6.07) is 5.94. The summed E-state index contributed by atoms with van der Waals surface area (Å²) in [5.74, 6) is -0.738. The lowest BCUT2D eigenvalue weighted by molar-refractivity contribution is -0.137. The Hall–Kier alpha value is -2.35. The van der Waals surface area contributed by atoms with Crippen LogP contribution in [0.1, 0.15) is 28.8 Å². The van der Waals surface area contributed by atoms with Gasteiger partial charge in [0.05, 0.1) is 11.1 Å². The van der Waals surface area contributed by atoms with E-state index in [1.807, 2.05) is 4.90 Å². The number of nitrogens with one attached hydrogen (secondary N) is 1. The Kier molecular flexibility index (Phi) is 5.55. The van der Waals surface area contributed by atoms with Crippen molar-refractivity contribution >= 4 is 23.3 Å². The second-order valence-corrected chi connectivity index (χ2v) is 6.70. The highest BCUT2D eigenvalue weighted by molar-refractivity contribution is 6.31. The molecule has 9 heteroatoms. The molecule has 1 aromatic carbocycles. The molecule has 27 heavy (non-hydrogen) atoms. The number of hydrogen-bond acceptors (Lipinski definition) is 3. The maximum Gasteiger partial charge on any atom is 0.417 e. The van der Waals surface area contributed by atoms with Gasteiger partial charge in [-0.05, 0) is 43.2 Å². The number of carbonyl (C=O) groups excluding carboxylic acids is 1. The van der Waals surface area contributed by atoms with Crippen molar-refractivity contribution in [1.29, 1.82) is 0 Å². The van der Waals surface area contributed by atoms with Crippen LogP contribution in [0, 0.1) is 5.82 Å². The van der Waals surface area contributed by atoms with Crippen molar-refractivity contribution in [3.05, 3.63) is 58.5 Å². The molecule has 4 nitrogen and oxygen atoms in total. The minimum absolute atomic E-state index is 0.116. The average molecular weight is 402 g/mol. The Morgan fingerprint density at radius 1 is 1.19 bits per heavy atom. The molecule has 1 N–H and O–H groups in total. The summed E-state index contributed by atoms with van der Waals surface area (Å²) in [6.07, 6.45) is -2.48. The fraction of sp³-hybridized carbons (Fsp3) is 0.333. The van der Waals surface area contributed by atoms with Crippen LogP contribution in [-0.4, -0.2) is 30.0 Å². The minimum Gasteiger partial charge on any atom is -0.356 e. The lowest BCUT2D eigenvalue weighted by atomic mass is 10.0. The highest BCUT2D eigenvalue weighted by Gasteiger charge is 2.31. The molecule has 0 bridgehead atoms. The molecular formula is C18H16ClF4N3O. The standard InChI is InChI=1S/C18H16ClF4N3O/c19-12-2-3-15(20)14(9-12)17(27)25-13-5-7-26(8-6-13)16-4-1-11(10-24-16)18(21,22)23/h1-4,9-10,13H,5-8H2,(H,25,27). The lowest BCUT2D eigenvalue weighted by Gasteiger charge is -2.33. The summed E-state index contributed by atoms with van der Waals surface area (Å²) < 4.78 is 51.6. The third kappa shape index (κ3) is 4.68. The first-order valence-electron chi connectivity index (χ1n) is 8.28. The van der Waals surface area contributed by atoms with E-state index in [0.29, 0.717) is 31.7 Å². The fourth-order valence-corrected chi connectivity index (χ4v) is 3.10. The molecule has 1 fully saturated rings. The van der Waals surface area contributed by atoms with Gasteiger partial charge in [-0.1, -0.05) is 11.6 Å². The molecule has 1 aliphatic heterocycles. The number of amides is 1. The van der Waals surface area contributed by atoms with Gasteiger partial charge in [0, 0.05) is 30.4 Å². The zero-order valence-electron chi connectivity index (χ0n) is 14.1. The van der Waals surface area contributed by atoms with Crippen LogP contribution in [0.15, 0.2) is 36.5 Å². The van der Waals surface area contributed by atoms with Gasteiger partial charge in [0.2, 0.25) is 0 Å². The maximum absolute atomic E-state index is 13.8. The summed E-state index contributed by atoms with van der Waals surface area (Å²) in [4.78, 5) is 18.0. The van der Waals surface area contributed by atoms with Crippen LogP contribution >= 0.6 is 11.6 Å². The van der Waals surface area contributed by atoms with Gasteiger partial charge >= 0.3 is 6.18 Å². The first-order chi connectivity index (χ1) is 12.7. The van der Waals surface area contributed by atoms with Crippen LogP contribution in [0.4, 0.5) is 23.4 Å². The molecule has 144 valence electrons. The molecule has 0 aliphatic carbocycles. The van der Waals surface area contributed by atoms with Gasteiger partial charge in [-0.25, -0.2) is 9.37 Å². The van der Waals surface area contributed by atoms with E-state index < -0.39 is 23.5 Å². The highest BCUT2D eigenvalue weighted by Crippen LogP contribution is 2.29. The predicted octanol–water partition coefficient (Wildman–Crippen LogP) is 4.29. The van der Waals surface area contributed by atoms with Crippen LogP contribution in [0.25, 0.3) is 0 Å². The van der Waals surface area contributed by atoms with Crippen molar-refractivity contribution in [3.63, 3.8) is 0 Å². The van der Waals surface area contributed by atoms with Gasteiger partial charge < -0.3 is 10.2 Å². The Labute approximate surface area is 158 Å². The SMILES string of the molecule is O=C(NC1CCN(c2ccc(C(F)(F)F)cn2)CC1)c1cc(Cl)ccc1F. The number of aromatic nitrogens is 1. The fourth-order valence-electron chi connectivity index (χ4n) is 2.93. The summed E-state index contributed by atoms with van der Waals surface area (Å²) in [5.41, 5.74) is -0.911. The van der Waals surface area contributed by atoms with Crippen LogP contribution in [0.2, 0.25) is 5.02 Å². The van der Waals surface area contributed by atoms with Crippen LogP contribution in [0.3, 0.4) is 0 Å². The van der Waals surface area contributed by atoms with Crippen molar-refractivity contribution in [2.24, 2.45) is 0 Å². The topological polar surface area (TPSA) is 45.2 Å². The number of halogens is 5.